The molecule has 0 bridgehead atoms. The number of hydrogen-bond acceptors (Lipinski definition) is 5. The van der Waals surface area contributed by atoms with Gasteiger partial charge in [-0.05, 0) is 38.1 Å². The maximum atomic E-state index is 12.4. The molecule has 0 radical (unpaired) electrons. The van der Waals surface area contributed by atoms with Crippen LogP contribution in [0.15, 0.2) is 42.5 Å². The molecule has 9 heteroatoms. The van der Waals surface area contributed by atoms with E-state index in [0.29, 0.717) is 15.2 Å². The zero-order chi connectivity index (χ0) is 20.3. The number of nitrogens with one attached hydrogen (secondary N) is 2. The van der Waals surface area contributed by atoms with Crippen LogP contribution < -0.4 is 10.6 Å². The Morgan fingerprint density at radius 2 is 1.89 bits per heavy atom. The van der Waals surface area contributed by atoms with Crippen molar-refractivity contribution in [3.05, 3.63) is 63.6 Å². The van der Waals surface area contributed by atoms with Crippen molar-refractivity contribution >= 4 is 51.5 Å². The van der Waals surface area contributed by atoms with Crippen LogP contribution in [-0.4, -0.2) is 28.1 Å². The first-order chi connectivity index (χ1) is 13.3. The molecule has 0 saturated carbocycles. The third kappa shape index (κ3) is 4.86. The Bertz CT molecular complexity index is 1040. The lowest BCUT2D eigenvalue weighted by molar-refractivity contribution is -0.117. The Labute approximate surface area is 175 Å². The van der Waals surface area contributed by atoms with Crippen LogP contribution in [0.5, 0.6) is 0 Å². The Kier molecular flexibility index (Phi) is 6.28. The van der Waals surface area contributed by atoms with Crippen LogP contribution >= 0.6 is 34.5 Å². The molecule has 3 rings (SSSR count). The largest absolute Gasteiger partial charge is 0.340 e. The Balaban J connectivity index is 1.64. The normalized spacial score (nSPS) is 11.7. The van der Waals surface area contributed by atoms with Crippen LogP contribution in [-0.2, 0) is 4.79 Å². The van der Waals surface area contributed by atoms with Gasteiger partial charge in [0.15, 0.2) is 0 Å². The van der Waals surface area contributed by atoms with Crippen molar-refractivity contribution in [2.75, 3.05) is 5.32 Å². The highest BCUT2D eigenvalue weighted by molar-refractivity contribution is 7.18. The van der Waals surface area contributed by atoms with Crippen molar-refractivity contribution in [2.45, 2.75) is 19.9 Å². The fraction of sp³-hybridized carbons (Fsp3) is 0.158. The highest BCUT2D eigenvalue weighted by Gasteiger charge is 2.20. The van der Waals surface area contributed by atoms with Crippen molar-refractivity contribution < 1.29 is 9.59 Å². The summed E-state index contributed by atoms with van der Waals surface area (Å²) in [6, 6.07) is 11.6. The summed E-state index contributed by atoms with van der Waals surface area (Å²) < 4.78 is 0. The Morgan fingerprint density at radius 3 is 2.61 bits per heavy atom. The second kappa shape index (κ2) is 8.68. The molecule has 1 atom stereocenters. The quantitative estimate of drug-likeness (QED) is 0.615. The van der Waals surface area contributed by atoms with Crippen LogP contribution in [0.4, 0.5) is 5.13 Å². The molecule has 6 nitrogen and oxygen atoms in total. The van der Waals surface area contributed by atoms with Gasteiger partial charge in [-0.1, -0.05) is 58.3 Å². The fourth-order valence-corrected chi connectivity index (χ4v) is 3.63. The summed E-state index contributed by atoms with van der Waals surface area (Å²) in [7, 11) is 0. The van der Waals surface area contributed by atoms with Crippen LogP contribution in [0.1, 0.15) is 22.8 Å². The predicted molar refractivity (Wildman–Crippen MR) is 112 cm³/mol. The van der Waals surface area contributed by atoms with E-state index >= 15 is 0 Å². The van der Waals surface area contributed by atoms with E-state index in [-0.39, 0.29) is 10.6 Å². The average Bonchev–Trinajstić information content (AvgIpc) is 3.10. The molecule has 1 unspecified atom stereocenters. The molecule has 0 spiro atoms. The van der Waals surface area contributed by atoms with E-state index in [1.54, 1.807) is 13.0 Å². The minimum atomic E-state index is -0.800. The Hall–Kier alpha value is -2.48. The first kappa shape index (κ1) is 20.3. The van der Waals surface area contributed by atoms with E-state index in [9.17, 15) is 9.59 Å². The number of carbonyl (C=O) groups is 2. The van der Waals surface area contributed by atoms with Gasteiger partial charge in [0.1, 0.15) is 11.0 Å². The van der Waals surface area contributed by atoms with Gasteiger partial charge in [-0.25, -0.2) is 0 Å². The summed E-state index contributed by atoms with van der Waals surface area (Å²) in [6.07, 6.45) is 0. The lowest BCUT2D eigenvalue weighted by atomic mass is 10.1. The molecule has 2 aromatic carbocycles. The lowest BCUT2D eigenvalue weighted by Crippen LogP contribution is -2.41. The van der Waals surface area contributed by atoms with Crippen LogP contribution in [0.2, 0.25) is 10.0 Å². The molecule has 2 amide bonds. The van der Waals surface area contributed by atoms with E-state index < -0.39 is 17.9 Å². The highest BCUT2D eigenvalue weighted by Crippen LogP contribution is 2.27. The minimum absolute atomic E-state index is 0.213. The van der Waals surface area contributed by atoms with Crippen molar-refractivity contribution in [2.24, 2.45) is 0 Å². The summed E-state index contributed by atoms with van der Waals surface area (Å²) in [4.78, 5) is 24.7. The number of nitrogens with zero attached hydrogens (tertiary/aromatic N) is 2. The van der Waals surface area contributed by atoms with E-state index in [2.05, 4.69) is 20.8 Å². The predicted octanol–water partition coefficient (Wildman–Crippen LogP) is 4.58. The fourth-order valence-electron chi connectivity index (χ4n) is 2.40. The third-order valence-electron chi connectivity index (χ3n) is 3.84. The molecule has 28 heavy (non-hydrogen) atoms. The van der Waals surface area contributed by atoms with Crippen LogP contribution in [0, 0.1) is 6.92 Å². The van der Waals surface area contributed by atoms with Gasteiger partial charge < -0.3 is 5.32 Å². The first-order valence-electron chi connectivity index (χ1n) is 8.31. The molecule has 1 aromatic heterocycles. The maximum Gasteiger partial charge on any atom is 0.253 e. The van der Waals surface area contributed by atoms with Crippen molar-refractivity contribution in [3.8, 4) is 10.6 Å². The average molecular weight is 435 g/mol. The number of benzene rings is 2. The second-order valence-electron chi connectivity index (χ2n) is 6.09. The number of hydrogen-bond donors (Lipinski definition) is 2. The standard InChI is InChI=1S/C19H16Cl2N4O2S/c1-10-4-3-5-12(8-10)18-24-25-19(28-18)23-16(26)11(2)22-17(27)14-7-6-13(20)9-15(14)21/h3-9,11H,1-2H3,(H,22,27)(H,23,25,26). The molecule has 0 aliphatic rings. The smallest absolute Gasteiger partial charge is 0.253 e. The second-order valence-corrected chi connectivity index (χ2v) is 7.91. The molecule has 0 aliphatic carbocycles. The molecule has 0 aliphatic heterocycles. The zero-order valence-corrected chi connectivity index (χ0v) is 17.3. The number of halogens is 2. The molecule has 3 aromatic rings. The number of amides is 2. The highest BCUT2D eigenvalue weighted by atomic mass is 35.5. The summed E-state index contributed by atoms with van der Waals surface area (Å²) in [6.45, 7) is 3.56. The first-order valence-corrected chi connectivity index (χ1v) is 9.88. The van der Waals surface area contributed by atoms with E-state index in [1.807, 2.05) is 31.2 Å². The molecule has 0 saturated heterocycles. The van der Waals surface area contributed by atoms with Gasteiger partial charge in [0.05, 0.1) is 10.6 Å². The van der Waals surface area contributed by atoms with Crippen LogP contribution in [0.25, 0.3) is 10.6 Å². The number of rotatable bonds is 5. The summed E-state index contributed by atoms with van der Waals surface area (Å²) in [5.41, 5.74) is 2.27. The van der Waals surface area contributed by atoms with Crippen molar-refractivity contribution in [1.82, 2.24) is 15.5 Å². The Morgan fingerprint density at radius 1 is 1.11 bits per heavy atom. The molecule has 144 valence electrons. The molecular formula is C19H16Cl2N4O2S. The van der Waals surface area contributed by atoms with E-state index in [1.165, 1.54) is 23.5 Å². The van der Waals surface area contributed by atoms with Crippen molar-refractivity contribution in [1.29, 1.82) is 0 Å². The number of aryl methyl sites for hydroxylation is 1. The third-order valence-corrected chi connectivity index (χ3v) is 5.27. The van der Waals surface area contributed by atoms with Gasteiger partial charge in [0.2, 0.25) is 11.0 Å². The van der Waals surface area contributed by atoms with Gasteiger partial charge >= 0.3 is 0 Å². The van der Waals surface area contributed by atoms with Crippen LogP contribution in [0.3, 0.4) is 0 Å². The molecule has 0 fully saturated rings. The number of carbonyl (C=O) groups excluding carboxylic acids is 2. The van der Waals surface area contributed by atoms with Gasteiger partial charge in [-0.2, -0.15) is 0 Å². The van der Waals surface area contributed by atoms with Gasteiger partial charge in [-0.3, -0.25) is 14.9 Å². The van der Waals surface area contributed by atoms with E-state index in [4.69, 9.17) is 23.2 Å². The molecule has 2 N–H and O–H groups in total. The van der Waals surface area contributed by atoms with Gasteiger partial charge in [-0.15, -0.1) is 10.2 Å². The maximum absolute atomic E-state index is 12.4. The van der Waals surface area contributed by atoms with Crippen molar-refractivity contribution in [3.63, 3.8) is 0 Å². The summed E-state index contributed by atoms with van der Waals surface area (Å²) >= 11 is 13.1. The number of aromatic nitrogens is 2. The zero-order valence-electron chi connectivity index (χ0n) is 15.0. The monoisotopic (exact) mass is 434 g/mol. The topological polar surface area (TPSA) is 84.0 Å². The summed E-state index contributed by atoms with van der Waals surface area (Å²) in [5.74, 6) is -0.882. The summed E-state index contributed by atoms with van der Waals surface area (Å²) in [5, 5.41) is 15.1. The number of anilines is 1. The van der Waals surface area contributed by atoms with Gasteiger partial charge in [0, 0.05) is 10.6 Å². The molecule has 1 heterocycles. The minimum Gasteiger partial charge on any atom is -0.340 e. The molecular weight excluding hydrogens is 419 g/mol. The van der Waals surface area contributed by atoms with E-state index in [0.717, 1.165) is 11.1 Å². The van der Waals surface area contributed by atoms with Gasteiger partial charge in [0.25, 0.3) is 5.91 Å². The SMILES string of the molecule is Cc1cccc(-c2nnc(NC(=O)C(C)NC(=O)c3ccc(Cl)cc3Cl)s2)c1. The lowest BCUT2D eigenvalue weighted by Gasteiger charge is -2.13.